The fraction of sp³-hybridized carbons (Fsp3) is 0.231. The number of nitro groups is 1. The van der Waals surface area contributed by atoms with E-state index in [1.54, 1.807) is 6.07 Å². The predicted molar refractivity (Wildman–Crippen MR) is 68.5 cm³/mol. The molecule has 100 valence electrons. The first kappa shape index (κ1) is 13.1. The van der Waals surface area contributed by atoms with Gasteiger partial charge in [-0.05, 0) is 32.0 Å². The number of furan rings is 1. The molecule has 2 rings (SSSR count). The molecule has 0 fully saturated rings. The van der Waals surface area contributed by atoms with Crippen molar-refractivity contribution in [2.75, 3.05) is 5.32 Å². The molecule has 1 aromatic carbocycles. The van der Waals surface area contributed by atoms with E-state index in [-0.39, 0.29) is 11.7 Å². The van der Waals surface area contributed by atoms with Gasteiger partial charge in [-0.15, -0.1) is 0 Å². The number of benzene rings is 1. The number of rotatable bonds is 4. The zero-order chi connectivity index (χ0) is 14.0. The van der Waals surface area contributed by atoms with Gasteiger partial charge in [-0.3, -0.25) is 10.1 Å². The topological polar surface area (TPSA) is 68.3 Å². The molecule has 19 heavy (non-hydrogen) atoms. The van der Waals surface area contributed by atoms with Crippen LogP contribution in [-0.2, 0) is 0 Å². The third-order valence-corrected chi connectivity index (χ3v) is 2.66. The van der Waals surface area contributed by atoms with Crippen molar-refractivity contribution in [3.05, 3.63) is 57.8 Å². The van der Waals surface area contributed by atoms with Crippen LogP contribution in [0, 0.1) is 22.9 Å². The number of hydrogen-bond acceptors (Lipinski definition) is 4. The van der Waals surface area contributed by atoms with Crippen molar-refractivity contribution < 1.29 is 13.7 Å². The van der Waals surface area contributed by atoms with Crippen LogP contribution in [0.4, 0.5) is 15.8 Å². The maximum Gasteiger partial charge on any atom is 0.274 e. The molecule has 0 bridgehead atoms. The molecular formula is C13H13FN2O3. The SMILES string of the molecule is Cc1ccc(C(C)Nc2cc(F)cc([N+](=O)[O-])c2)o1. The van der Waals surface area contributed by atoms with E-state index in [1.165, 1.54) is 12.1 Å². The van der Waals surface area contributed by atoms with Crippen molar-refractivity contribution >= 4 is 11.4 Å². The van der Waals surface area contributed by atoms with Crippen LogP contribution >= 0.6 is 0 Å². The van der Waals surface area contributed by atoms with Gasteiger partial charge < -0.3 is 9.73 Å². The summed E-state index contributed by atoms with van der Waals surface area (Å²) in [5.41, 5.74) is 0.0542. The Morgan fingerprint density at radius 3 is 2.68 bits per heavy atom. The third kappa shape index (κ3) is 3.09. The highest BCUT2D eigenvalue weighted by atomic mass is 19.1. The van der Waals surface area contributed by atoms with E-state index in [1.807, 2.05) is 19.9 Å². The Balaban J connectivity index is 2.21. The van der Waals surface area contributed by atoms with Gasteiger partial charge in [-0.25, -0.2) is 4.39 Å². The fourth-order valence-electron chi connectivity index (χ4n) is 1.77. The Kier molecular flexibility index (Phi) is 3.50. The number of nitrogens with one attached hydrogen (secondary N) is 1. The second kappa shape index (κ2) is 5.09. The average Bonchev–Trinajstić information content (AvgIpc) is 2.75. The molecule has 0 aliphatic carbocycles. The minimum Gasteiger partial charge on any atom is -0.464 e. The maximum atomic E-state index is 13.3. The zero-order valence-electron chi connectivity index (χ0n) is 10.5. The molecule has 1 unspecified atom stereocenters. The third-order valence-electron chi connectivity index (χ3n) is 2.66. The minimum absolute atomic E-state index is 0.213. The predicted octanol–water partition coefficient (Wildman–Crippen LogP) is 3.81. The Morgan fingerprint density at radius 1 is 1.37 bits per heavy atom. The smallest absolute Gasteiger partial charge is 0.274 e. The second-order valence-corrected chi connectivity index (χ2v) is 4.27. The first-order valence-electron chi connectivity index (χ1n) is 5.73. The van der Waals surface area contributed by atoms with E-state index in [0.717, 1.165) is 11.8 Å². The lowest BCUT2D eigenvalue weighted by atomic mass is 10.2. The normalized spacial score (nSPS) is 12.2. The molecule has 0 aliphatic rings. The van der Waals surface area contributed by atoms with Crippen LogP contribution in [-0.4, -0.2) is 4.92 Å². The highest BCUT2D eigenvalue weighted by molar-refractivity contribution is 5.52. The lowest BCUT2D eigenvalue weighted by Crippen LogP contribution is -2.06. The summed E-state index contributed by atoms with van der Waals surface area (Å²) in [5, 5.41) is 13.6. The van der Waals surface area contributed by atoms with Gasteiger partial charge in [-0.2, -0.15) is 0 Å². The van der Waals surface area contributed by atoms with Crippen LogP contribution < -0.4 is 5.32 Å². The van der Waals surface area contributed by atoms with Crippen LogP contribution in [0.5, 0.6) is 0 Å². The van der Waals surface area contributed by atoms with E-state index in [0.29, 0.717) is 11.4 Å². The summed E-state index contributed by atoms with van der Waals surface area (Å²) in [7, 11) is 0. The highest BCUT2D eigenvalue weighted by Crippen LogP contribution is 2.25. The van der Waals surface area contributed by atoms with Crippen LogP contribution in [0.15, 0.2) is 34.7 Å². The van der Waals surface area contributed by atoms with E-state index in [4.69, 9.17) is 4.42 Å². The Morgan fingerprint density at radius 2 is 2.11 bits per heavy atom. The highest BCUT2D eigenvalue weighted by Gasteiger charge is 2.13. The van der Waals surface area contributed by atoms with Gasteiger partial charge in [0, 0.05) is 11.8 Å². The number of nitro benzene ring substituents is 1. The van der Waals surface area contributed by atoms with Crippen molar-refractivity contribution in [1.82, 2.24) is 0 Å². The fourth-order valence-corrected chi connectivity index (χ4v) is 1.77. The summed E-state index contributed by atoms with van der Waals surface area (Å²) in [4.78, 5) is 10.0. The molecule has 1 heterocycles. The maximum absolute atomic E-state index is 13.3. The molecule has 5 nitrogen and oxygen atoms in total. The zero-order valence-corrected chi connectivity index (χ0v) is 10.5. The summed E-state index contributed by atoms with van der Waals surface area (Å²) in [6, 6.07) is 6.79. The van der Waals surface area contributed by atoms with E-state index in [9.17, 15) is 14.5 Å². The second-order valence-electron chi connectivity index (χ2n) is 4.27. The van der Waals surface area contributed by atoms with E-state index < -0.39 is 10.7 Å². The lowest BCUT2D eigenvalue weighted by Gasteiger charge is -2.12. The lowest BCUT2D eigenvalue weighted by molar-refractivity contribution is -0.385. The molecule has 0 aliphatic heterocycles. The van der Waals surface area contributed by atoms with E-state index >= 15 is 0 Å². The monoisotopic (exact) mass is 264 g/mol. The largest absolute Gasteiger partial charge is 0.464 e. The van der Waals surface area contributed by atoms with Gasteiger partial charge in [0.15, 0.2) is 0 Å². The quantitative estimate of drug-likeness (QED) is 0.673. The number of hydrogen-bond donors (Lipinski definition) is 1. The molecular weight excluding hydrogens is 251 g/mol. The minimum atomic E-state index is -0.653. The molecule has 1 aromatic heterocycles. The van der Waals surface area contributed by atoms with Gasteiger partial charge in [0.05, 0.1) is 17.0 Å². The van der Waals surface area contributed by atoms with Gasteiger partial charge in [0.1, 0.15) is 17.3 Å². The molecule has 0 radical (unpaired) electrons. The number of non-ortho nitro benzene ring substituents is 1. The van der Waals surface area contributed by atoms with Crippen LogP contribution in [0.25, 0.3) is 0 Å². The van der Waals surface area contributed by atoms with Gasteiger partial charge in [0.25, 0.3) is 5.69 Å². The van der Waals surface area contributed by atoms with Crippen LogP contribution in [0.2, 0.25) is 0 Å². The molecule has 6 heteroatoms. The number of anilines is 1. The molecule has 2 aromatic rings. The standard InChI is InChI=1S/C13H13FN2O3/c1-8-3-4-13(19-8)9(2)15-11-5-10(14)6-12(7-11)16(17)18/h3-7,9,15H,1-2H3. The van der Waals surface area contributed by atoms with Gasteiger partial charge in [0.2, 0.25) is 0 Å². The molecule has 0 amide bonds. The molecule has 0 spiro atoms. The number of nitrogens with zero attached hydrogens (tertiary/aromatic N) is 1. The summed E-state index contributed by atoms with van der Waals surface area (Å²) < 4.78 is 18.7. The Hall–Kier alpha value is -2.37. The summed E-state index contributed by atoms with van der Waals surface area (Å²) in [5.74, 6) is 0.804. The van der Waals surface area contributed by atoms with Gasteiger partial charge in [-0.1, -0.05) is 0 Å². The first-order chi connectivity index (χ1) is 8.95. The van der Waals surface area contributed by atoms with Crippen molar-refractivity contribution in [3.8, 4) is 0 Å². The van der Waals surface area contributed by atoms with Crippen LogP contribution in [0.1, 0.15) is 24.5 Å². The first-order valence-corrected chi connectivity index (χ1v) is 5.73. The van der Waals surface area contributed by atoms with Gasteiger partial charge >= 0.3 is 0 Å². The summed E-state index contributed by atoms with van der Waals surface area (Å²) >= 11 is 0. The number of aryl methyl sites for hydroxylation is 1. The van der Waals surface area contributed by atoms with Crippen molar-refractivity contribution in [3.63, 3.8) is 0 Å². The Labute approximate surface area is 109 Å². The molecule has 1 atom stereocenters. The van der Waals surface area contributed by atoms with Crippen molar-refractivity contribution in [2.24, 2.45) is 0 Å². The molecule has 0 saturated carbocycles. The summed E-state index contributed by atoms with van der Waals surface area (Å²) in [6.45, 7) is 3.65. The number of halogens is 1. The van der Waals surface area contributed by atoms with Crippen LogP contribution in [0.3, 0.4) is 0 Å². The molecule has 1 N–H and O–H groups in total. The molecule has 0 saturated heterocycles. The van der Waals surface area contributed by atoms with Crippen molar-refractivity contribution in [1.29, 1.82) is 0 Å². The van der Waals surface area contributed by atoms with Crippen molar-refractivity contribution in [2.45, 2.75) is 19.9 Å². The Bertz CT molecular complexity index is 610. The average molecular weight is 264 g/mol. The van der Waals surface area contributed by atoms with E-state index in [2.05, 4.69) is 5.32 Å². The summed E-state index contributed by atoms with van der Waals surface area (Å²) in [6.07, 6.45) is 0.